The largest absolute Gasteiger partial charge is 0.417 e. The molecule has 0 aliphatic heterocycles. The number of halogens is 3. The molecule has 6 heteroatoms. The first-order valence-corrected chi connectivity index (χ1v) is 5.29. The lowest BCUT2D eigenvalue weighted by Gasteiger charge is -2.44. The minimum Gasteiger partial charge on any atom is -0.393 e. The predicted octanol–water partition coefficient (Wildman–Crippen LogP) is 1.45. The summed E-state index contributed by atoms with van der Waals surface area (Å²) < 4.78 is 37.1. The van der Waals surface area contributed by atoms with Crippen molar-refractivity contribution in [2.45, 2.75) is 30.5 Å². The lowest BCUT2D eigenvalue weighted by Crippen LogP contribution is -2.50. The number of pyridine rings is 1. The van der Waals surface area contributed by atoms with Crippen LogP contribution in [0.3, 0.4) is 0 Å². The Labute approximate surface area is 96.5 Å². The number of alkyl halides is 3. The maximum atomic E-state index is 12.4. The third kappa shape index (κ3) is 2.14. The van der Waals surface area contributed by atoms with Gasteiger partial charge >= 0.3 is 6.18 Å². The van der Waals surface area contributed by atoms with Gasteiger partial charge in [0.1, 0.15) is 0 Å². The van der Waals surface area contributed by atoms with Gasteiger partial charge in [-0.3, -0.25) is 4.98 Å². The van der Waals surface area contributed by atoms with Crippen LogP contribution < -0.4 is 5.73 Å². The van der Waals surface area contributed by atoms with E-state index in [4.69, 9.17) is 5.73 Å². The maximum absolute atomic E-state index is 12.4. The molecule has 94 valence electrons. The monoisotopic (exact) mass is 246 g/mol. The molecule has 0 aromatic carbocycles. The Morgan fingerprint density at radius 2 is 2.06 bits per heavy atom. The van der Waals surface area contributed by atoms with Crippen molar-refractivity contribution < 1.29 is 18.3 Å². The number of aliphatic hydroxyl groups excluding tert-OH is 1. The number of nitrogens with two attached hydrogens (primary N) is 1. The van der Waals surface area contributed by atoms with Crippen LogP contribution >= 0.6 is 0 Å². The Morgan fingerprint density at radius 1 is 1.41 bits per heavy atom. The van der Waals surface area contributed by atoms with Gasteiger partial charge in [0.25, 0.3) is 0 Å². The first kappa shape index (κ1) is 12.3. The molecule has 1 aromatic rings. The Hall–Kier alpha value is -1.14. The molecule has 0 atom stereocenters. The second kappa shape index (κ2) is 3.96. The van der Waals surface area contributed by atoms with Gasteiger partial charge in [-0.15, -0.1) is 0 Å². The summed E-state index contributed by atoms with van der Waals surface area (Å²) in [6, 6.07) is 2.35. The summed E-state index contributed by atoms with van der Waals surface area (Å²) in [5.74, 6) is 0. The summed E-state index contributed by atoms with van der Waals surface area (Å²) in [6.45, 7) is 0.280. The number of hydrogen-bond acceptors (Lipinski definition) is 3. The van der Waals surface area contributed by atoms with Gasteiger partial charge in [0.2, 0.25) is 0 Å². The number of aromatic nitrogens is 1. The highest BCUT2D eigenvalue weighted by molar-refractivity contribution is 5.26. The zero-order chi connectivity index (χ0) is 12.7. The lowest BCUT2D eigenvalue weighted by molar-refractivity contribution is -0.137. The second-order valence-corrected chi connectivity index (χ2v) is 4.48. The summed E-state index contributed by atoms with van der Waals surface area (Å²) in [4.78, 5) is 3.83. The van der Waals surface area contributed by atoms with Crippen LogP contribution in [-0.2, 0) is 11.6 Å². The van der Waals surface area contributed by atoms with Gasteiger partial charge in [-0.05, 0) is 25.0 Å². The molecule has 0 amide bonds. The van der Waals surface area contributed by atoms with Gasteiger partial charge in [0, 0.05) is 23.9 Å². The third-order valence-corrected chi connectivity index (χ3v) is 3.28. The number of hydrogen-bond donors (Lipinski definition) is 2. The fourth-order valence-corrected chi connectivity index (χ4v) is 2.20. The molecule has 0 unspecified atom stereocenters. The van der Waals surface area contributed by atoms with Gasteiger partial charge < -0.3 is 10.8 Å². The molecule has 0 bridgehead atoms. The van der Waals surface area contributed by atoms with Gasteiger partial charge in [0.15, 0.2) is 0 Å². The number of rotatable bonds is 2. The molecule has 0 radical (unpaired) electrons. The summed E-state index contributed by atoms with van der Waals surface area (Å²) in [6.07, 6.45) is -3.07. The van der Waals surface area contributed by atoms with Crippen molar-refractivity contribution in [2.75, 3.05) is 6.54 Å². The van der Waals surface area contributed by atoms with E-state index in [1.807, 2.05) is 0 Å². The SMILES string of the molecule is NCC1(c2ccc(C(F)(F)F)cn2)CC(O)C1. The number of aliphatic hydroxyl groups is 1. The molecule has 1 fully saturated rings. The molecule has 1 aromatic heterocycles. The Bertz CT molecular complexity index is 396. The maximum Gasteiger partial charge on any atom is 0.417 e. The van der Waals surface area contributed by atoms with Crippen molar-refractivity contribution in [1.29, 1.82) is 0 Å². The highest BCUT2D eigenvalue weighted by atomic mass is 19.4. The molecular weight excluding hydrogens is 233 g/mol. The molecule has 2 rings (SSSR count). The average Bonchev–Trinajstić information content (AvgIpc) is 2.23. The highest BCUT2D eigenvalue weighted by Crippen LogP contribution is 2.42. The van der Waals surface area contributed by atoms with E-state index in [-0.39, 0.29) is 6.54 Å². The van der Waals surface area contributed by atoms with Crippen LogP contribution in [0, 0.1) is 0 Å². The van der Waals surface area contributed by atoms with Crippen molar-refractivity contribution in [2.24, 2.45) is 5.73 Å². The standard InChI is InChI=1S/C11H13F3N2O/c12-11(13,14)7-1-2-9(16-5-7)10(6-15)3-8(17)4-10/h1-2,5,8,17H,3-4,6,15H2. The Kier molecular flexibility index (Phi) is 2.87. The minimum atomic E-state index is -4.37. The van der Waals surface area contributed by atoms with E-state index in [2.05, 4.69) is 4.98 Å². The van der Waals surface area contributed by atoms with Gasteiger partial charge in [-0.1, -0.05) is 0 Å². The van der Waals surface area contributed by atoms with Crippen molar-refractivity contribution in [3.8, 4) is 0 Å². The van der Waals surface area contributed by atoms with E-state index in [1.54, 1.807) is 0 Å². The van der Waals surface area contributed by atoms with Gasteiger partial charge in [-0.2, -0.15) is 13.2 Å². The topological polar surface area (TPSA) is 59.1 Å². The van der Waals surface area contributed by atoms with E-state index < -0.39 is 23.3 Å². The van der Waals surface area contributed by atoms with E-state index in [0.29, 0.717) is 18.5 Å². The van der Waals surface area contributed by atoms with E-state index in [0.717, 1.165) is 12.3 Å². The quantitative estimate of drug-likeness (QED) is 0.830. The molecule has 1 aliphatic carbocycles. The fourth-order valence-electron chi connectivity index (χ4n) is 2.20. The summed E-state index contributed by atoms with van der Waals surface area (Å²) in [5.41, 5.74) is 4.91. The van der Waals surface area contributed by atoms with E-state index in [9.17, 15) is 18.3 Å². The molecule has 1 heterocycles. The van der Waals surface area contributed by atoms with Crippen LogP contribution in [0.2, 0.25) is 0 Å². The lowest BCUT2D eigenvalue weighted by atomic mass is 9.64. The molecule has 3 nitrogen and oxygen atoms in total. The molecule has 1 aliphatic rings. The van der Waals surface area contributed by atoms with Crippen LogP contribution in [0.1, 0.15) is 24.1 Å². The molecule has 1 saturated carbocycles. The van der Waals surface area contributed by atoms with Gasteiger partial charge in [0.05, 0.1) is 11.7 Å². The van der Waals surface area contributed by atoms with Gasteiger partial charge in [-0.25, -0.2) is 0 Å². The molecular formula is C11H13F3N2O. The zero-order valence-corrected chi connectivity index (χ0v) is 9.04. The molecule has 0 spiro atoms. The van der Waals surface area contributed by atoms with Crippen molar-refractivity contribution in [3.63, 3.8) is 0 Å². The normalized spacial score (nSPS) is 28.9. The zero-order valence-electron chi connectivity index (χ0n) is 9.04. The van der Waals surface area contributed by atoms with Crippen LogP contribution in [0.15, 0.2) is 18.3 Å². The molecule has 0 saturated heterocycles. The predicted molar refractivity (Wildman–Crippen MR) is 55.2 cm³/mol. The first-order chi connectivity index (χ1) is 7.87. The van der Waals surface area contributed by atoms with Crippen molar-refractivity contribution in [1.82, 2.24) is 4.98 Å². The van der Waals surface area contributed by atoms with Crippen LogP contribution in [0.25, 0.3) is 0 Å². The molecule has 3 N–H and O–H groups in total. The third-order valence-electron chi connectivity index (χ3n) is 3.28. The Morgan fingerprint density at radius 3 is 2.41 bits per heavy atom. The van der Waals surface area contributed by atoms with E-state index >= 15 is 0 Å². The van der Waals surface area contributed by atoms with Crippen molar-refractivity contribution in [3.05, 3.63) is 29.6 Å². The van der Waals surface area contributed by atoms with Crippen LogP contribution in [0.4, 0.5) is 13.2 Å². The first-order valence-electron chi connectivity index (χ1n) is 5.29. The molecule has 17 heavy (non-hydrogen) atoms. The Balaban J connectivity index is 2.24. The fraction of sp³-hybridized carbons (Fsp3) is 0.545. The van der Waals surface area contributed by atoms with Crippen LogP contribution in [-0.4, -0.2) is 22.7 Å². The smallest absolute Gasteiger partial charge is 0.393 e. The average molecular weight is 246 g/mol. The minimum absolute atomic E-state index is 0.280. The summed E-state index contributed by atoms with van der Waals surface area (Å²) in [7, 11) is 0. The van der Waals surface area contributed by atoms with Crippen LogP contribution in [0.5, 0.6) is 0 Å². The highest BCUT2D eigenvalue weighted by Gasteiger charge is 2.45. The summed E-state index contributed by atoms with van der Waals surface area (Å²) in [5, 5.41) is 9.30. The summed E-state index contributed by atoms with van der Waals surface area (Å²) >= 11 is 0. The number of nitrogens with zero attached hydrogens (tertiary/aromatic N) is 1. The van der Waals surface area contributed by atoms with E-state index in [1.165, 1.54) is 6.07 Å². The van der Waals surface area contributed by atoms with Crippen molar-refractivity contribution >= 4 is 0 Å². The second-order valence-electron chi connectivity index (χ2n) is 4.48.